The summed E-state index contributed by atoms with van der Waals surface area (Å²) in [6.45, 7) is 2.02. The second-order valence-corrected chi connectivity index (χ2v) is 4.86. The zero-order valence-electron chi connectivity index (χ0n) is 11.0. The summed E-state index contributed by atoms with van der Waals surface area (Å²) in [5.74, 6) is 0.990. The van der Waals surface area contributed by atoms with E-state index in [0.29, 0.717) is 30.2 Å². The van der Waals surface area contributed by atoms with Gasteiger partial charge in [-0.25, -0.2) is 0 Å². The van der Waals surface area contributed by atoms with E-state index < -0.39 is 4.92 Å². The zero-order valence-corrected chi connectivity index (χ0v) is 11.0. The highest BCUT2D eigenvalue weighted by Crippen LogP contribution is 2.37. The number of hydrogen-bond donors (Lipinski definition) is 1. The third-order valence-corrected chi connectivity index (χ3v) is 3.48. The molecule has 2 aliphatic heterocycles. The molecule has 3 rings (SSSR count). The molecule has 0 aromatic heterocycles. The highest BCUT2D eigenvalue weighted by atomic mass is 16.7. The van der Waals surface area contributed by atoms with Gasteiger partial charge < -0.3 is 19.5 Å². The Hall–Kier alpha value is -1.86. The first kappa shape index (κ1) is 13.1. The largest absolute Gasteiger partial charge is 0.454 e. The van der Waals surface area contributed by atoms with E-state index in [2.05, 4.69) is 5.32 Å². The van der Waals surface area contributed by atoms with E-state index in [4.69, 9.17) is 14.2 Å². The van der Waals surface area contributed by atoms with Crippen molar-refractivity contribution in [3.05, 3.63) is 27.8 Å². The van der Waals surface area contributed by atoms with Gasteiger partial charge in [-0.2, -0.15) is 0 Å². The first-order valence-corrected chi connectivity index (χ1v) is 6.63. The topological polar surface area (TPSA) is 82.9 Å². The maximum absolute atomic E-state index is 11.1. The molecule has 7 heteroatoms. The lowest BCUT2D eigenvalue weighted by Gasteiger charge is -2.11. The number of nitrogens with one attached hydrogen (secondary N) is 1. The Morgan fingerprint density at radius 2 is 2.15 bits per heavy atom. The highest BCUT2D eigenvalue weighted by Gasteiger charge is 2.23. The molecular formula is C13H16N2O5. The number of nitro benzene ring substituents is 1. The quantitative estimate of drug-likeness (QED) is 0.651. The fourth-order valence-corrected chi connectivity index (χ4v) is 2.46. The van der Waals surface area contributed by atoms with Gasteiger partial charge in [-0.1, -0.05) is 0 Å². The van der Waals surface area contributed by atoms with Crippen LogP contribution in [0.15, 0.2) is 12.1 Å². The first-order chi connectivity index (χ1) is 9.74. The van der Waals surface area contributed by atoms with Gasteiger partial charge in [0.25, 0.3) is 5.69 Å². The van der Waals surface area contributed by atoms with Gasteiger partial charge in [0.2, 0.25) is 6.79 Å². The van der Waals surface area contributed by atoms with Crippen molar-refractivity contribution >= 4 is 5.69 Å². The van der Waals surface area contributed by atoms with Gasteiger partial charge in [0, 0.05) is 25.3 Å². The van der Waals surface area contributed by atoms with E-state index in [9.17, 15) is 10.1 Å². The monoisotopic (exact) mass is 280 g/mol. The van der Waals surface area contributed by atoms with E-state index in [1.54, 1.807) is 6.07 Å². The Morgan fingerprint density at radius 3 is 2.85 bits per heavy atom. The Morgan fingerprint density at radius 1 is 1.35 bits per heavy atom. The van der Waals surface area contributed by atoms with Crippen LogP contribution in [-0.2, 0) is 11.3 Å². The van der Waals surface area contributed by atoms with E-state index in [1.165, 1.54) is 6.07 Å². The molecule has 0 amide bonds. The van der Waals surface area contributed by atoms with Crippen LogP contribution in [0.25, 0.3) is 0 Å². The van der Waals surface area contributed by atoms with Gasteiger partial charge in [0.15, 0.2) is 11.5 Å². The molecule has 0 radical (unpaired) electrons. The molecule has 1 aromatic rings. The molecule has 2 heterocycles. The molecule has 0 aliphatic carbocycles. The van der Waals surface area contributed by atoms with Crippen LogP contribution in [0.2, 0.25) is 0 Å². The van der Waals surface area contributed by atoms with Crippen molar-refractivity contribution in [2.24, 2.45) is 0 Å². The Balaban J connectivity index is 1.69. The molecular weight excluding hydrogens is 264 g/mol. The molecule has 2 aliphatic rings. The summed E-state index contributed by atoms with van der Waals surface area (Å²) in [7, 11) is 0. The third kappa shape index (κ3) is 2.68. The van der Waals surface area contributed by atoms with Gasteiger partial charge in [-0.05, 0) is 18.9 Å². The molecule has 1 N–H and O–H groups in total. The van der Waals surface area contributed by atoms with Crippen molar-refractivity contribution in [1.29, 1.82) is 0 Å². The van der Waals surface area contributed by atoms with E-state index >= 15 is 0 Å². The van der Waals surface area contributed by atoms with Crippen LogP contribution < -0.4 is 14.8 Å². The molecule has 7 nitrogen and oxygen atoms in total. The van der Waals surface area contributed by atoms with Crippen molar-refractivity contribution in [3.8, 4) is 11.5 Å². The third-order valence-electron chi connectivity index (χ3n) is 3.48. The first-order valence-electron chi connectivity index (χ1n) is 6.63. The number of nitrogens with zero attached hydrogens (tertiary/aromatic N) is 1. The van der Waals surface area contributed by atoms with Crippen LogP contribution in [0, 0.1) is 10.1 Å². The smallest absolute Gasteiger partial charge is 0.277 e. The van der Waals surface area contributed by atoms with Crippen molar-refractivity contribution < 1.29 is 19.1 Å². The predicted octanol–water partition coefficient (Wildman–Crippen LogP) is 1.59. The average Bonchev–Trinajstić information content (AvgIpc) is 3.07. The fraction of sp³-hybridized carbons (Fsp3) is 0.538. The second-order valence-electron chi connectivity index (χ2n) is 4.86. The lowest BCUT2D eigenvalue weighted by Crippen LogP contribution is -2.26. The number of benzene rings is 1. The van der Waals surface area contributed by atoms with Crippen molar-refractivity contribution in [3.63, 3.8) is 0 Å². The average molecular weight is 280 g/mol. The van der Waals surface area contributed by atoms with Crippen molar-refractivity contribution in [1.82, 2.24) is 5.32 Å². The van der Waals surface area contributed by atoms with E-state index in [0.717, 1.165) is 19.4 Å². The normalized spacial score (nSPS) is 20.3. The minimum Gasteiger partial charge on any atom is -0.454 e. The number of fused-ring (bicyclic) bond motifs is 1. The summed E-state index contributed by atoms with van der Waals surface area (Å²) in [5.41, 5.74) is 0.645. The maximum atomic E-state index is 11.1. The van der Waals surface area contributed by atoms with Gasteiger partial charge >= 0.3 is 0 Å². The lowest BCUT2D eigenvalue weighted by molar-refractivity contribution is -0.385. The lowest BCUT2D eigenvalue weighted by atomic mass is 10.1. The molecule has 1 fully saturated rings. The SMILES string of the molecule is O=[N+]([O-])c1cc2c(cc1CNC[C@@H]1CCCO1)OCO2. The Kier molecular flexibility index (Phi) is 3.70. The Labute approximate surface area is 116 Å². The molecule has 1 saturated heterocycles. The summed E-state index contributed by atoms with van der Waals surface area (Å²) in [4.78, 5) is 10.7. The molecule has 108 valence electrons. The van der Waals surface area contributed by atoms with Crippen LogP contribution in [0.3, 0.4) is 0 Å². The van der Waals surface area contributed by atoms with Gasteiger partial charge in [0.1, 0.15) is 0 Å². The number of hydrogen-bond acceptors (Lipinski definition) is 6. The van der Waals surface area contributed by atoms with Crippen LogP contribution in [-0.4, -0.2) is 31.0 Å². The van der Waals surface area contributed by atoms with E-state index in [-0.39, 0.29) is 18.6 Å². The van der Waals surface area contributed by atoms with Gasteiger partial charge in [0.05, 0.1) is 17.1 Å². The zero-order chi connectivity index (χ0) is 13.9. The maximum Gasteiger partial charge on any atom is 0.277 e. The van der Waals surface area contributed by atoms with Crippen LogP contribution in [0.4, 0.5) is 5.69 Å². The summed E-state index contributed by atoms with van der Waals surface area (Å²) in [6, 6.07) is 3.09. The summed E-state index contributed by atoms with van der Waals surface area (Å²) in [5, 5.41) is 14.3. The minimum atomic E-state index is -0.398. The number of ether oxygens (including phenoxy) is 3. The molecule has 0 saturated carbocycles. The standard InChI is InChI=1S/C13H16N2O5/c16-15(17)11-5-13-12(19-8-20-13)4-9(11)6-14-7-10-2-1-3-18-10/h4-5,10,14H,1-3,6-8H2/t10-/m0/s1. The number of nitro groups is 1. The Bertz CT molecular complexity index is 514. The molecule has 20 heavy (non-hydrogen) atoms. The molecule has 1 aromatic carbocycles. The fourth-order valence-electron chi connectivity index (χ4n) is 2.46. The van der Waals surface area contributed by atoms with Gasteiger partial charge in [-0.15, -0.1) is 0 Å². The van der Waals surface area contributed by atoms with Gasteiger partial charge in [-0.3, -0.25) is 10.1 Å². The van der Waals surface area contributed by atoms with Crippen LogP contribution >= 0.6 is 0 Å². The van der Waals surface area contributed by atoms with Crippen LogP contribution in [0.1, 0.15) is 18.4 Å². The second kappa shape index (κ2) is 5.64. The molecule has 0 unspecified atom stereocenters. The van der Waals surface area contributed by atoms with E-state index in [1.807, 2.05) is 0 Å². The minimum absolute atomic E-state index is 0.0501. The highest BCUT2D eigenvalue weighted by molar-refractivity contribution is 5.55. The van der Waals surface area contributed by atoms with Crippen LogP contribution in [0.5, 0.6) is 11.5 Å². The predicted molar refractivity (Wildman–Crippen MR) is 69.9 cm³/mol. The van der Waals surface area contributed by atoms with Crippen molar-refractivity contribution in [2.45, 2.75) is 25.5 Å². The number of rotatable bonds is 5. The summed E-state index contributed by atoms with van der Waals surface area (Å²) < 4.78 is 15.9. The molecule has 0 bridgehead atoms. The van der Waals surface area contributed by atoms with Crippen molar-refractivity contribution in [2.75, 3.05) is 19.9 Å². The molecule has 1 atom stereocenters. The molecule has 0 spiro atoms. The summed E-state index contributed by atoms with van der Waals surface area (Å²) in [6.07, 6.45) is 2.33. The summed E-state index contributed by atoms with van der Waals surface area (Å²) >= 11 is 0.